The van der Waals surface area contributed by atoms with E-state index in [0.29, 0.717) is 11.7 Å². The minimum atomic E-state index is -0.774. The van der Waals surface area contributed by atoms with Gasteiger partial charge in [-0.05, 0) is 52.7 Å². The number of fused-ring (bicyclic) bond motifs is 1. The van der Waals surface area contributed by atoms with E-state index in [4.69, 9.17) is 26.1 Å². The van der Waals surface area contributed by atoms with E-state index in [1.165, 1.54) is 10.6 Å². The van der Waals surface area contributed by atoms with Crippen LogP contribution in [-0.2, 0) is 10.2 Å². The third kappa shape index (κ3) is 6.89. The Morgan fingerprint density at radius 1 is 0.917 bits per heavy atom. The molecule has 1 saturated carbocycles. The minimum Gasteiger partial charge on any atom is -0.458 e. The van der Waals surface area contributed by atoms with Crippen LogP contribution in [0.15, 0.2) is 48.5 Å². The fourth-order valence-corrected chi connectivity index (χ4v) is 7.17. The Hall–Kier alpha value is -4.09. The molecule has 0 saturated heterocycles. The molecule has 2 aromatic heterocycles. The Labute approximate surface area is 288 Å². The number of nitriles is 1. The highest BCUT2D eigenvalue weighted by Crippen LogP contribution is 2.50. The van der Waals surface area contributed by atoms with Crippen molar-refractivity contribution in [2.45, 2.75) is 93.6 Å². The summed E-state index contributed by atoms with van der Waals surface area (Å²) in [5, 5.41) is 13.8. The first-order valence-corrected chi connectivity index (χ1v) is 17.0. The van der Waals surface area contributed by atoms with Crippen LogP contribution < -0.4 is 4.74 Å². The molecule has 1 aliphatic carbocycles. The Bertz CT molecular complexity index is 1850. The summed E-state index contributed by atoms with van der Waals surface area (Å²) >= 11 is 6.31. The number of aromatic amines is 1. The molecule has 0 amide bonds. The maximum absolute atomic E-state index is 14.5. The molecule has 254 valence electrons. The number of halogens is 1. The number of hydrogen-bond acceptors (Lipinski definition) is 6. The molecule has 5 rings (SSSR count). The van der Waals surface area contributed by atoms with E-state index in [9.17, 15) is 14.9 Å². The molecular formula is C39H47ClN4O4. The quantitative estimate of drug-likeness (QED) is 0.212. The summed E-state index contributed by atoms with van der Waals surface area (Å²) in [5.74, 6) is -0.522. The van der Waals surface area contributed by atoms with Crippen LogP contribution in [-0.4, -0.2) is 32.6 Å². The molecule has 48 heavy (non-hydrogen) atoms. The zero-order valence-corrected chi connectivity index (χ0v) is 30.5. The lowest BCUT2D eigenvalue weighted by atomic mass is 9.59. The van der Waals surface area contributed by atoms with Crippen molar-refractivity contribution in [3.8, 4) is 23.3 Å². The maximum atomic E-state index is 14.5. The number of H-pyrrole nitrogens is 1. The number of hydrogen-bond donors (Lipinski definition) is 1. The van der Waals surface area contributed by atoms with E-state index >= 15 is 0 Å². The predicted molar refractivity (Wildman–Crippen MR) is 188 cm³/mol. The van der Waals surface area contributed by atoms with Gasteiger partial charge in [0.25, 0.3) is 0 Å². The van der Waals surface area contributed by atoms with Gasteiger partial charge in [0.15, 0.2) is 11.5 Å². The van der Waals surface area contributed by atoms with Gasteiger partial charge in [0.05, 0.1) is 10.6 Å². The standard InChI is InChI=1S/C39H47ClN4O4/c1-22-19-27(38(5,6)7)31(28(20-22)39(8,9)10)47-36(46)30-26(21-41)34(48-35(45)25-13-11-12-14-29(25)40)44-33(30)42-32(43-44)23-15-17-24(18-16-23)37(2,3)4/h11-18,22,27-28,31H,19-20H2,1-10H3,(H,42,43). The molecule has 2 aromatic carbocycles. The second-order valence-corrected chi connectivity index (χ2v) is 16.9. The number of rotatable bonds is 5. The van der Waals surface area contributed by atoms with Crippen molar-refractivity contribution in [3.05, 3.63) is 75.8 Å². The first-order chi connectivity index (χ1) is 22.3. The van der Waals surface area contributed by atoms with Crippen LogP contribution >= 0.6 is 11.6 Å². The molecule has 0 bridgehead atoms. The van der Waals surface area contributed by atoms with Crippen molar-refractivity contribution in [3.63, 3.8) is 0 Å². The molecule has 0 spiro atoms. The van der Waals surface area contributed by atoms with Crippen molar-refractivity contribution < 1.29 is 19.1 Å². The van der Waals surface area contributed by atoms with Crippen molar-refractivity contribution in [1.29, 1.82) is 5.26 Å². The van der Waals surface area contributed by atoms with E-state index in [-0.39, 0.29) is 61.3 Å². The molecule has 1 N–H and O–H groups in total. The zero-order valence-electron chi connectivity index (χ0n) is 29.7. The summed E-state index contributed by atoms with van der Waals surface area (Å²) in [7, 11) is 0. The Morgan fingerprint density at radius 2 is 1.50 bits per heavy atom. The second-order valence-electron chi connectivity index (χ2n) is 16.5. The number of benzene rings is 2. The number of ether oxygens (including phenoxy) is 2. The van der Waals surface area contributed by atoms with E-state index in [1.807, 2.05) is 24.3 Å². The average molecular weight is 671 g/mol. The van der Waals surface area contributed by atoms with Crippen molar-refractivity contribution in [2.24, 2.45) is 28.6 Å². The first kappa shape index (κ1) is 35.2. The van der Waals surface area contributed by atoms with E-state index < -0.39 is 18.0 Å². The van der Waals surface area contributed by atoms with Crippen molar-refractivity contribution in [2.75, 3.05) is 0 Å². The van der Waals surface area contributed by atoms with Crippen LogP contribution in [0.2, 0.25) is 5.02 Å². The highest BCUT2D eigenvalue weighted by Gasteiger charge is 2.48. The highest BCUT2D eigenvalue weighted by molar-refractivity contribution is 6.33. The zero-order chi connectivity index (χ0) is 35.3. The summed E-state index contributed by atoms with van der Waals surface area (Å²) < 4.78 is 13.8. The molecular weight excluding hydrogens is 624 g/mol. The highest BCUT2D eigenvalue weighted by atomic mass is 35.5. The van der Waals surface area contributed by atoms with Crippen molar-refractivity contribution in [1.82, 2.24) is 14.6 Å². The average Bonchev–Trinajstić information content (AvgIpc) is 3.54. The molecule has 9 heteroatoms. The third-order valence-corrected chi connectivity index (χ3v) is 10.1. The molecule has 2 unspecified atom stereocenters. The summed E-state index contributed by atoms with van der Waals surface area (Å²) in [4.78, 5) is 32.7. The van der Waals surface area contributed by atoms with Gasteiger partial charge in [-0.15, -0.1) is 0 Å². The molecule has 0 aliphatic heterocycles. The maximum Gasteiger partial charge on any atom is 0.346 e. The summed E-state index contributed by atoms with van der Waals surface area (Å²) in [5.41, 5.74) is 1.67. The lowest BCUT2D eigenvalue weighted by Crippen LogP contribution is -2.49. The van der Waals surface area contributed by atoms with Crippen LogP contribution in [0.5, 0.6) is 5.88 Å². The van der Waals surface area contributed by atoms with Crippen LogP contribution in [0.25, 0.3) is 17.0 Å². The second kappa shape index (κ2) is 12.7. The molecule has 2 atom stereocenters. The van der Waals surface area contributed by atoms with Gasteiger partial charge in [-0.1, -0.05) is 117 Å². The molecule has 1 aliphatic rings. The SMILES string of the molecule is CC1CC(C(C)(C)C)C(OC(=O)c2c(C#N)c(OC(=O)c3ccccc3Cl)n3[nH]c(-c4ccc(C(C)(C)C)cc4)nc23)C(C(C)(C)C)C1. The number of esters is 2. The predicted octanol–water partition coefficient (Wildman–Crippen LogP) is 9.65. The van der Waals surface area contributed by atoms with Crippen LogP contribution in [0.1, 0.15) is 114 Å². The van der Waals surface area contributed by atoms with E-state index in [0.717, 1.165) is 24.0 Å². The molecule has 0 radical (unpaired) electrons. The summed E-state index contributed by atoms with van der Waals surface area (Å²) in [6.07, 6.45) is 1.44. The van der Waals surface area contributed by atoms with Crippen LogP contribution in [0.4, 0.5) is 0 Å². The van der Waals surface area contributed by atoms with Gasteiger partial charge in [0, 0.05) is 17.4 Å². The largest absolute Gasteiger partial charge is 0.458 e. The number of carbonyl (C=O) groups excluding carboxylic acids is 2. The fraction of sp³-hybridized carbons (Fsp3) is 0.487. The van der Waals surface area contributed by atoms with Gasteiger partial charge in [0.1, 0.15) is 23.3 Å². The molecule has 1 fully saturated rings. The van der Waals surface area contributed by atoms with Crippen molar-refractivity contribution >= 4 is 29.2 Å². The minimum absolute atomic E-state index is 0.0415. The molecule has 4 aromatic rings. The smallest absolute Gasteiger partial charge is 0.346 e. The summed E-state index contributed by atoms with van der Waals surface area (Å²) in [6, 6.07) is 16.6. The Balaban J connectivity index is 1.65. The number of aromatic nitrogens is 3. The first-order valence-electron chi connectivity index (χ1n) is 16.6. The molecule has 8 nitrogen and oxygen atoms in total. The lowest BCUT2D eigenvalue weighted by molar-refractivity contribution is -0.0922. The third-order valence-electron chi connectivity index (χ3n) is 9.73. The van der Waals surface area contributed by atoms with E-state index in [1.54, 1.807) is 18.2 Å². The van der Waals surface area contributed by atoms with Crippen LogP contribution in [0.3, 0.4) is 0 Å². The Kier molecular flexibility index (Phi) is 9.35. The lowest BCUT2D eigenvalue weighted by Gasteiger charge is -2.50. The van der Waals surface area contributed by atoms with Gasteiger partial charge >= 0.3 is 11.9 Å². The van der Waals surface area contributed by atoms with E-state index in [2.05, 4.69) is 80.4 Å². The number of nitrogens with zero attached hydrogens (tertiary/aromatic N) is 3. The molecule has 2 heterocycles. The van der Waals surface area contributed by atoms with Gasteiger partial charge < -0.3 is 9.47 Å². The number of nitrogens with one attached hydrogen (secondary N) is 1. The summed E-state index contributed by atoms with van der Waals surface area (Å²) in [6.45, 7) is 21.8. The van der Waals surface area contributed by atoms with Gasteiger partial charge in [-0.25, -0.2) is 19.1 Å². The van der Waals surface area contributed by atoms with Crippen LogP contribution in [0, 0.1) is 39.9 Å². The topological polar surface area (TPSA) is 109 Å². The monoisotopic (exact) mass is 670 g/mol. The number of carbonyl (C=O) groups is 2. The van der Waals surface area contributed by atoms with Gasteiger partial charge in [-0.2, -0.15) is 5.26 Å². The normalized spacial score (nSPS) is 20.4. The Morgan fingerprint density at radius 3 is 2.02 bits per heavy atom. The van der Waals surface area contributed by atoms with Gasteiger partial charge in [0.2, 0.25) is 5.88 Å². The fourth-order valence-electron chi connectivity index (χ4n) is 6.96. The van der Waals surface area contributed by atoms with Gasteiger partial charge in [-0.3, -0.25) is 5.10 Å².